The van der Waals surface area contributed by atoms with Gasteiger partial charge in [0.1, 0.15) is 5.75 Å². The Bertz CT molecular complexity index is 529. The van der Waals surface area contributed by atoms with E-state index in [0.717, 1.165) is 44.2 Å². The summed E-state index contributed by atoms with van der Waals surface area (Å²) in [7, 11) is 3.92. The van der Waals surface area contributed by atoms with Gasteiger partial charge in [0, 0.05) is 26.2 Å². The number of rotatable bonds is 9. The number of piperidine rings is 1. The smallest absolute Gasteiger partial charge is 0.191 e. The molecule has 0 aliphatic carbocycles. The van der Waals surface area contributed by atoms with Gasteiger partial charge in [0.2, 0.25) is 0 Å². The molecule has 146 valence electrons. The second-order valence-corrected chi connectivity index (χ2v) is 7.22. The van der Waals surface area contributed by atoms with Crippen molar-refractivity contribution in [2.45, 2.75) is 39.0 Å². The van der Waals surface area contributed by atoms with E-state index in [1.807, 2.05) is 12.1 Å². The molecular weight excluding hydrogens is 324 g/mol. The lowest BCUT2D eigenvalue weighted by atomic mass is 9.99. The van der Waals surface area contributed by atoms with Gasteiger partial charge in [0.05, 0.1) is 7.11 Å². The standard InChI is InChI=1S/C21H36N4O/c1-4-22-21(24-16-19-9-7-15-25(2)17-19)23-14-6-5-8-18-10-12-20(26-3)13-11-18/h10-13,19H,4-9,14-17H2,1-3H3,(H2,22,23,24). The molecule has 1 aliphatic rings. The second-order valence-electron chi connectivity index (χ2n) is 7.22. The summed E-state index contributed by atoms with van der Waals surface area (Å²) in [4.78, 5) is 7.22. The van der Waals surface area contributed by atoms with E-state index in [2.05, 4.69) is 41.6 Å². The fourth-order valence-electron chi connectivity index (χ4n) is 3.44. The Morgan fingerprint density at radius 1 is 1.23 bits per heavy atom. The fourth-order valence-corrected chi connectivity index (χ4v) is 3.44. The summed E-state index contributed by atoms with van der Waals surface area (Å²) in [5, 5.41) is 6.85. The van der Waals surface area contributed by atoms with Crippen LogP contribution in [0.4, 0.5) is 0 Å². The highest BCUT2D eigenvalue weighted by Crippen LogP contribution is 2.15. The fraction of sp³-hybridized carbons (Fsp3) is 0.667. The highest BCUT2D eigenvalue weighted by atomic mass is 16.5. The predicted molar refractivity (Wildman–Crippen MR) is 110 cm³/mol. The summed E-state index contributed by atoms with van der Waals surface area (Å²) in [5.74, 6) is 2.58. The van der Waals surface area contributed by atoms with Crippen LogP contribution in [-0.2, 0) is 6.42 Å². The Hall–Kier alpha value is -1.75. The molecule has 0 saturated carbocycles. The molecule has 5 heteroatoms. The van der Waals surface area contributed by atoms with Crippen LogP contribution in [0.1, 0.15) is 38.2 Å². The number of aliphatic imine (C=N–C) groups is 1. The van der Waals surface area contributed by atoms with Crippen LogP contribution in [0.2, 0.25) is 0 Å². The van der Waals surface area contributed by atoms with E-state index in [-0.39, 0.29) is 0 Å². The highest BCUT2D eigenvalue weighted by Gasteiger charge is 2.16. The van der Waals surface area contributed by atoms with Crippen LogP contribution in [0, 0.1) is 5.92 Å². The van der Waals surface area contributed by atoms with Gasteiger partial charge >= 0.3 is 0 Å². The number of methoxy groups -OCH3 is 1. The van der Waals surface area contributed by atoms with E-state index in [1.165, 1.54) is 37.9 Å². The molecule has 0 spiro atoms. The maximum Gasteiger partial charge on any atom is 0.191 e. The lowest BCUT2D eigenvalue weighted by Crippen LogP contribution is -2.39. The van der Waals surface area contributed by atoms with Gasteiger partial charge in [-0.15, -0.1) is 0 Å². The summed E-state index contributed by atoms with van der Waals surface area (Å²) < 4.78 is 5.20. The molecule has 1 atom stereocenters. The van der Waals surface area contributed by atoms with Gasteiger partial charge < -0.3 is 20.3 Å². The summed E-state index contributed by atoms with van der Waals surface area (Å²) in [6, 6.07) is 8.37. The normalized spacial score (nSPS) is 18.6. The molecule has 0 bridgehead atoms. The first-order valence-electron chi connectivity index (χ1n) is 10.0. The topological polar surface area (TPSA) is 48.9 Å². The van der Waals surface area contributed by atoms with Crippen LogP contribution < -0.4 is 15.4 Å². The van der Waals surface area contributed by atoms with Crippen molar-refractivity contribution < 1.29 is 4.74 Å². The predicted octanol–water partition coefficient (Wildman–Crippen LogP) is 2.91. The van der Waals surface area contributed by atoms with Crippen LogP contribution in [-0.4, -0.2) is 57.7 Å². The number of guanidine groups is 1. The number of nitrogens with zero attached hydrogens (tertiary/aromatic N) is 2. The zero-order chi connectivity index (χ0) is 18.6. The Labute approximate surface area is 159 Å². The Balaban J connectivity index is 1.66. The molecule has 26 heavy (non-hydrogen) atoms. The minimum atomic E-state index is 0.694. The number of likely N-dealkylation sites (tertiary alicyclic amines) is 1. The summed E-state index contributed by atoms with van der Waals surface area (Å²) >= 11 is 0. The van der Waals surface area contributed by atoms with Crippen molar-refractivity contribution in [3.8, 4) is 5.75 Å². The summed E-state index contributed by atoms with van der Waals surface area (Å²) in [6.07, 6.45) is 6.02. The van der Waals surface area contributed by atoms with Gasteiger partial charge in [-0.2, -0.15) is 0 Å². The molecule has 1 aromatic rings. The molecule has 0 aromatic heterocycles. The van der Waals surface area contributed by atoms with Crippen LogP contribution in [0.3, 0.4) is 0 Å². The molecule has 5 nitrogen and oxygen atoms in total. The van der Waals surface area contributed by atoms with Gasteiger partial charge in [-0.05, 0) is 76.2 Å². The molecule has 0 amide bonds. The highest BCUT2D eigenvalue weighted by molar-refractivity contribution is 5.79. The minimum absolute atomic E-state index is 0.694. The molecule has 2 rings (SSSR count). The van der Waals surface area contributed by atoms with Crippen LogP contribution in [0.25, 0.3) is 0 Å². The van der Waals surface area contributed by atoms with Crippen molar-refractivity contribution >= 4 is 5.96 Å². The molecule has 1 heterocycles. The molecular formula is C21H36N4O. The molecule has 1 aliphatic heterocycles. The lowest BCUT2D eigenvalue weighted by molar-refractivity contribution is 0.214. The molecule has 1 fully saturated rings. The number of nitrogens with one attached hydrogen (secondary N) is 2. The Morgan fingerprint density at radius 3 is 2.73 bits per heavy atom. The third-order valence-corrected chi connectivity index (χ3v) is 4.92. The van der Waals surface area contributed by atoms with Gasteiger partial charge in [0.15, 0.2) is 5.96 Å². The minimum Gasteiger partial charge on any atom is -0.497 e. The van der Waals surface area contributed by atoms with Crippen LogP contribution in [0.15, 0.2) is 29.3 Å². The van der Waals surface area contributed by atoms with Crippen LogP contribution in [0.5, 0.6) is 5.75 Å². The van der Waals surface area contributed by atoms with Crippen molar-refractivity contribution in [3.63, 3.8) is 0 Å². The van der Waals surface area contributed by atoms with E-state index >= 15 is 0 Å². The maximum absolute atomic E-state index is 5.20. The molecule has 1 aromatic carbocycles. The number of hydrogen-bond donors (Lipinski definition) is 2. The average molecular weight is 361 g/mol. The number of benzene rings is 1. The van der Waals surface area contributed by atoms with Gasteiger partial charge in [0.25, 0.3) is 0 Å². The van der Waals surface area contributed by atoms with Crippen molar-refractivity contribution in [3.05, 3.63) is 29.8 Å². The summed E-state index contributed by atoms with van der Waals surface area (Å²) in [5.41, 5.74) is 1.37. The monoisotopic (exact) mass is 360 g/mol. The second kappa shape index (κ2) is 11.8. The molecule has 0 radical (unpaired) electrons. The number of hydrogen-bond acceptors (Lipinski definition) is 3. The number of ether oxygens (including phenoxy) is 1. The molecule has 1 saturated heterocycles. The van der Waals surface area contributed by atoms with Crippen molar-refractivity contribution in [1.82, 2.24) is 15.5 Å². The van der Waals surface area contributed by atoms with Crippen molar-refractivity contribution in [2.75, 3.05) is 46.9 Å². The first-order chi connectivity index (χ1) is 12.7. The van der Waals surface area contributed by atoms with Crippen molar-refractivity contribution in [1.29, 1.82) is 0 Å². The Kier molecular flexibility index (Phi) is 9.32. The van der Waals surface area contributed by atoms with Gasteiger partial charge in [-0.25, -0.2) is 0 Å². The van der Waals surface area contributed by atoms with Gasteiger partial charge in [-0.3, -0.25) is 4.99 Å². The van der Waals surface area contributed by atoms with E-state index in [1.54, 1.807) is 7.11 Å². The quantitative estimate of drug-likeness (QED) is 0.404. The molecule has 2 N–H and O–H groups in total. The van der Waals surface area contributed by atoms with E-state index in [0.29, 0.717) is 5.92 Å². The van der Waals surface area contributed by atoms with Crippen LogP contribution >= 0.6 is 0 Å². The largest absolute Gasteiger partial charge is 0.497 e. The number of aryl methyl sites for hydroxylation is 1. The third-order valence-electron chi connectivity index (χ3n) is 4.92. The lowest BCUT2D eigenvalue weighted by Gasteiger charge is -2.28. The van der Waals surface area contributed by atoms with E-state index in [4.69, 9.17) is 9.73 Å². The first kappa shape index (κ1) is 20.6. The Morgan fingerprint density at radius 2 is 2.04 bits per heavy atom. The number of unbranched alkanes of at least 4 members (excludes halogenated alkanes) is 1. The van der Waals surface area contributed by atoms with Crippen molar-refractivity contribution in [2.24, 2.45) is 10.9 Å². The van der Waals surface area contributed by atoms with Gasteiger partial charge in [-0.1, -0.05) is 12.1 Å². The molecule has 1 unspecified atom stereocenters. The average Bonchev–Trinajstić information content (AvgIpc) is 2.66. The first-order valence-corrected chi connectivity index (χ1v) is 10.0. The zero-order valence-electron chi connectivity index (χ0n) is 16.8. The third kappa shape index (κ3) is 7.65. The maximum atomic E-state index is 5.20. The SMILES string of the molecule is CCNC(=NCC1CCCN(C)C1)NCCCCc1ccc(OC)cc1. The van der Waals surface area contributed by atoms with E-state index < -0.39 is 0 Å². The summed E-state index contributed by atoms with van der Waals surface area (Å²) in [6.45, 7) is 7.31. The zero-order valence-corrected chi connectivity index (χ0v) is 16.8. The van der Waals surface area contributed by atoms with E-state index in [9.17, 15) is 0 Å².